The molecule has 0 saturated heterocycles. The van der Waals surface area contributed by atoms with Crippen LogP contribution in [0.5, 0.6) is 0 Å². The number of anilines is 1. The predicted molar refractivity (Wildman–Crippen MR) is 74.7 cm³/mol. The second kappa shape index (κ2) is 4.81. The van der Waals surface area contributed by atoms with E-state index in [1.54, 1.807) is 19.1 Å². The van der Waals surface area contributed by atoms with Crippen molar-refractivity contribution in [1.82, 2.24) is 5.32 Å². The van der Waals surface area contributed by atoms with Gasteiger partial charge in [-0.05, 0) is 44.7 Å². The van der Waals surface area contributed by atoms with Crippen LogP contribution < -0.4 is 10.6 Å². The van der Waals surface area contributed by atoms with Crippen molar-refractivity contribution in [2.45, 2.75) is 38.3 Å². The number of rotatable bonds is 2. The minimum atomic E-state index is -0.455. The van der Waals surface area contributed by atoms with E-state index < -0.39 is 5.97 Å². The van der Waals surface area contributed by atoms with Crippen molar-refractivity contribution in [3.05, 3.63) is 29.3 Å². The van der Waals surface area contributed by atoms with Crippen molar-refractivity contribution in [3.8, 4) is 0 Å². The van der Waals surface area contributed by atoms with Gasteiger partial charge >= 0.3 is 5.97 Å². The molecule has 1 aromatic rings. The van der Waals surface area contributed by atoms with E-state index in [2.05, 4.69) is 10.6 Å². The lowest BCUT2D eigenvalue weighted by atomic mass is 9.97. The summed E-state index contributed by atoms with van der Waals surface area (Å²) in [6.07, 6.45) is 4.03. The number of ether oxygens (including phenoxy) is 1. The van der Waals surface area contributed by atoms with Gasteiger partial charge in [-0.25, -0.2) is 4.79 Å². The molecular formula is C15H18N2O3. The molecule has 3 rings (SSSR count). The Hall–Kier alpha value is -2.04. The first kappa shape index (κ1) is 13.0. The molecule has 2 N–H and O–H groups in total. The first-order valence-electron chi connectivity index (χ1n) is 7.06. The number of amides is 1. The number of nitrogens with one attached hydrogen (secondary N) is 2. The second-order valence-corrected chi connectivity index (χ2v) is 5.32. The number of esters is 1. The SMILES string of the molecule is CCOC(=O)c1cccc2c1C(=O)NC1(CCCC1)N2. The fourth-order valence-electron chi connectivity index (χ4n) is 3.08. The molecule has 1 fully saturated rings. The van der Waals surface area contributed by atoms with Gasteiger partial charge in [-0.1, -0.05) is 6.07 Å². The molecule has 0 unspecified atom stereocenters. The third kappa shape index (κ3) is 2.03. The van der Waals surface area contributed by atoms with Crippen LogP contribution in [0.2, 0.25) is 0 Å². The van der Waals surface area contributed by atoms with Crippen LogP contribution in [0.25, 0.3) is 0 Å². The van der Waals surface area contributed by atoms with Crippen molar-refractivity contribution in [1.29, 1.82) is 0 Å². The zero-order chi connectivity index (χ0) is 14.2. The first-order valence-corrected chi connectivity index (χ1v) is 7.06. The topological polar surface area (TPSA) is 67.4 Å². The number of hydrogen-bond donors (Lipinski definition) is 2. The maximum absolute atomic E-state index is 12.4. The van der Waals surface area contributed by atoms with Crippen molar-refractivity contribution >= 4 is 17.6 Å². The van der Waals surface area contributed by atoms with Crippen LogP contribution in [-0.4, -0.2) is 24.1 Å². The van der Waals surface area contributed by atoms with Crippen LogP contribution in [0.3, 0.4) is 0 Å². The fourth-order valence-corrected chi connectivity index (χ4v) is 3.08. The Morgan fingerprint density at radius 2 is 2.05 bits per heavy atom. The molecule has 1 aliphatic carbocycles. The molecule has 20 heavy (non-hydrogen) atoms. The fraction of sp³-hybridized carbons (Fsp3) is 0.467. The Morgan fingerprint density at radius 1 is 1.30 bits per heavy atom. The number of fused-ring (bicyclic) bond motifs is 1. The van der Waals surface area contributed by atoms with Crippen LogP contribution in [-0.2, 0) is 4.74 Å². The van der Waals surface area contributed by atoms with Gasteiger partial charge in [0.2, 0.25) is 0 Å². The highest BCUT2D eigenvalue weighted by Crippen LogP contribution is 2.36. The van der Waals surface area contributed by atoms with E-state index in [1.807, 2.05) is 6.07 Å². The van der Waals surface area contributed by atoms with Crippen LogP contribution in [0, 0.1) is 0 Å². The summed E-state index contributed by atoms with van der Waals surface area (Å²) in [6, 6.07) is 5.25. The molecule has 0 aromatic heterocycles. The lowest BCUT2D eigenvalue weighted by Crippen LogP contribution is -2.56. The van der Waals surface area contributed by atoms with E-state index >= 15 is 0 Å². The molecule has 1 amide bonds. The monoisotopic (exact) mass is 274 g/mol. The smallest absolute Gasteiger partial charge is 0.339 e. The summed E-state index contributed by atoms with van der Waals surface area (Å²) in [4.78, 5) is 24.4. The van der Waals surface area contributed by atoms with Gasteiger partial charge in [0.05, 0.1) is 17.7 Å². The van der Waals surface area contributed by atoms with Gasteiger partial charge < -0.3 is 15.4 Å². The highest BCUT2D eigenvalue weighted by atomic mass is 16.5. The maximum Gasteiger partial charge on any atom is 0.339 e. The average Bonchev–Trinajstić information content (AvgIpc) is 2.85. The van der Waals surface area contributed by atoms with Gasteiger partial charge in [0.1, 0.15) is 5.66 Å². The van der Waals surface area contributed by atoms with Crippen LogP contribution >= 0.6 is 0 Å². The van der Waals surface area contributed by atoms with E-state index in [0.29, 0.717) is 17.7 Å². The summed E-state index contributed by atoms with van der Waals surface area (Å²) in [5.74, 6) is -0.645. The van der Waals surface area contributed by atoms with Crippen LogP contribution in [0.1, 0.15) is 53.3 Å². The Labute approximate surface area is 117 Å². The van der Waals surface area contributed by atoms with Crippen molar-refractivity contribution in [2.75, 3.05) is 11.9 Å². The summed E-state index contributed by atoms with van der Waals surface area (Å²) in [5, 5.41) is 6.43. The van der Waals surface area contributed by atoms with Crippen molar-refractivity contribution < 1.29 is 14.3 Å². The molecule has 1 spiro atoms. The average molecular weight is 274 g/mol. The Kier molecular flexibility index (Phi) is 3.12. The normalized spacial score (nSPS) is 19.1. The molecule has 5 nitrogen and oxygen atoms in total. The Balaban J connectivity index is 2.00. The van der Waals surface area contributed by atoms with Gasteiger partial charge in [0.25, 0.3) is 5.91 Å². The van der Waals surface area contributed by atoms with Crippen molar-refractivity contribution in [3.63, 3.8) is 0 Å². The molecule has 5 heteroatoms. The third-order valence-corrected chi connectivity index (χ3v) is 3.97. The number of carbonyl (C=O) groups is 2. The van der Waals surface area contributed by atoms with E-state index in [-0.39, 0.29) is 11.6 Å². The van der Waals surface area contributed by atoms with Gasteiger partial charge in [0.15, 0.2) is 0 Å². The highest BCUT2D eigenvalue weighted by Gasteiger charge is 2.41. The molecule has 1 saturated carbocycles. The largest absolute Gasteiger partial charge is 0.462 e. The predicted octanol–water partition coefficient (Wildman–Crippen LogP) is 2.29. The summed E-state index contributed by atoms with van der Waals surface area (Å²) < 4.78 is 5.01. The molecule has 0 atom stereocenters. The zero-order valence-corrected chi connectivity index (χ0v) is 11.5. The second-order valence-electron chi connectivity index (χ2n) is 5.32. The minimum absolute atomic E-state index is 0.190. The van der Waals surface area contributed by atoms with E-state index in [0.717, 1.165) is 31.4 Å². The van der Waals surface area contributed by atoms with E-state index in [9.17, 15) is 9.59 Å². The Morgan fingerprint density at radius 3 is 2.75 bits per heavy atom. The molecular weight excluding hydrogens is 256 g/mol. The molecule has 106 valence electrons. The zero-order valence-electron chi connectivity index (χ0n) is 11.5. The molecule has 1 aliphatic heterocycles. The lowest BCUT2D eigenvalue weighted by Gasteiger charge is -2.37. The minimum Gasteiger partial charge on any atom is -0.462 e. The standard InChI is InChI=1S/C15H18N2O3/c1-2-20-14(19)10-6-5-7-11-12(10)13(18)17-15(16-11)8-3-4-9-15/h5-7,16H,2-4,8-9H2,1H3,(H,17,18). The summed E-state index contributed by atoms with van der Waals surface area (Å²) in [5.41, 5.74) is 1.10. The van der Waals surface area contributed by atoms with E-state index in [1.165, 1.54) is 0 Å². The molecule has 2 aliphatic rings. The maximum atomic E-state index is 12.4. The summed E-state index contributed by atoms with van der Waals surface area (Å²) in [6.45, 7) is 2.04. The quantitative estimate of drug-likeness (QED) is 0.812. The van der Waals surface area contributed by atoms with Crippen LogP contribution in [0.15, 0.2) is 18.2 Å². The first-order chi connectivity index (χ1) is 9.65. The lowest BCUT2D eigenvalue weighted by molar-refractivity contribution is 0.0521. The van der Waals surface area contributed by atoms with E-state index in [4.69, 9.17) is 4.74 Å². The van der Waals surface area contributed by atoms with Gasteiger partial charge in [0, 0.05) is 5.69 Å². The third-order valence-electron chi connectivity index (χ3n) is 3.97. The Bertz CT molecular complexity index is 562. The van der Waals surface area contributed by atoms with Gasteiger partial charge in [-0.15, -0.1) is 0 Å². The van der Waals surface area contributed by atoms with Gasteiger partial charge in [-0.2, -0.15) is 0 Å². The molecule has 0 bridgehead atoms. The van der Waals surface area contributed by atoms with Gasteiger partial charge in [-0.3, -0.25) is 4.79 Å². The number of carbonyl (C=O) groups excluding carboxylic acids is 2. The van der Waals surface area contributed by atoms with Crippen molar-refractivity contribution in [2.24, 2.45) is 0 Å². The number of benzene rings is 1. The summed E-state index contributed by atoms with van der Waals surface area (Å²) in [7, 11) is 0. The number of hydrogen-bond acceptors (Lipinski definition) is 4. The molecule has 1 heterocycles. The highest BCUT2D eigenvalue weighted by molar-refractivity contribution is 6.10. The summed E-state index contributed by atoms with van der Waals surface area (Å²) >= 11 is 0. The van der Waals surface area contributed by atoms with Crippen LogP contribution in [0.4, 0.5) is 5.69 Å². The molecule has 1 aromatic carbocycles. The molecule has 0 radical (unpaired) electrons.